The van der Waals surface area contributed by atoms with Gasteiger partial charge in [0.25, 0.3) is 0 Å². The molecule has 0 heterocycles. The molecule has 0 aliphatic carbocycles. The molecule has 3 heteroatoms. The van der Waals surface area contributed by atoms with Gasteiger partial charge in [-0.2, -0.15) is 0 Å². The van der Waals surface area contributed by atoms with Crippen LogP contribution in [0.4, 0.5) is 0 Å². The second-order valence-electron chi connectivity index (χ2n) is 8.62. The van der Waals surface area contributed by atoms with Crippen molar-refractivity contribution in [3.63, 3.8) is 0 Å². The molecule has 0 saturated carbocycles. The number of aliphatic hydroxyl groups excluding tert-OH is 2. The molecular weight excluding hydrogens is 346 g/mol. The Morgan fingerprint density at radius 2 is 0.500 bits per heavy atom. The minimum atomic E-state index is 0.359. The highest BCUT2D eigenvalue weighted by molar-refractivity contribution is 4.53. The first-order valence-corrected chi connectivity index (χ1v) is 12.8. The average molecular weight is 400 g/mol. The van der Waals surface area contributed by atoms with E-state index < -0.39 is 0 Å². The van der Waals surface area contributed by atoms with Crippen molar-refractivity contribution in [1.82, 2.24) is 5.32 Å². The number of hydrogen-bond donors (Lipinski definition) is 3. The van der Waals surface area contributed by atoms with Crippen LogP contribution in [-0.4, -0.2) is 36.5 Å². The molecule has 28 heavy (non-hydrogen) atoms. The van der Waals surface area contributed by atoms with E-state index in [2.05, 4.69) is 5.32 Å². The predicted molar refractivity (Wildman–Crippen MR) is 124 cm³/mol. The molecule has 0 aromatic heterocycles. The van der Waals surface area contributed by atoms with E-state index in [0.29, 0.717) is 13.2 Å². The highest BCUT2D eigenvalue weighted by atomic mass is 16.3. The van der Waals surface area contributed by atoms with Crippen LogP contribution in [0.2, 0.25) is 0 Å². The predicted octanol–water partition coefficient (Wildman–Crippen LogP) is 6.75. The summed E-state index contributed by atoms with van der Waals surface area (Å²) in [5, 5.41) is 21.1. The SMILES string of the molecule is OCCCCCCCCCCCCCCCCNCCCCCCCCCO. The molecule has 0 aromatic carbocycles. The molecule has 0 spiro atoms. The standard InChI is InChI=1S/C25H53NO2/c27-24-20-16-12-8-6-4-2-1-3-5-7-10-14-18-22-26-23-19-15-11-9-13-17-21-25-28/h26-28H,1-25H2. The van der Waals surface area contributed by atoms with E-state index in [1.807, 2.05) is 0 Å². The summed E-state index contributed by atoms with van der Waals surface area (Å²) in [6.45, 7) is 3.12. The number of nitrogens with one attached hydrogen (secondary N) is 1. The van der Waals surface area contributed by atoms with Gasteiger partial charge in [-0.1, -0.05) is 109 Å². The lowest BCUT2D eigenvalue weighted by atomic mass is 10.0. The van der Waals surface area contributed by atoms with Crippen LogP contribution >= 0.6 is 0 Å². The number of unbranched alkanes of at least 4 members (excludes halogenated alkanes) is 19. The largest absolute Gasteiger partial charge is 0.396 e. The lowest BCUT2D eigenvalue weighted by Crippen LogP contribution is -2.16. The van der Waals surface area contributed by atoms with Gasteiger partial charge in [0.05, 0.1) is 0 Å². The van der Waals surface area contributed by atoms with Crippen LogP contribution in [0.5, 0.6) is 0 Å². The molecule has 0 aliphatic rings. The van der Waals surface area contributed by atoms with Gasteiger partial charge in [-0.05, 0) is 38.8 Å². The van der Waals surface area contributed by atoms with Crippen molar-refractivity contribution in [3.05, 3.63) is 0 Å². The third kappa shape index (κ3) is 25.9. The van der Waals surface area contributed by atoms with Crippen molar-refractivity contribution in [3.8, 4) is 0 Å². The second-order valence-corrected chi connectivity index (χ2v) is 8.62. The van der Waals surface area contributed by atoms with Crippen LogP contribution in [0.1, 0.15) is 135 Å². The van der Waals surface area contributed by atoms with Crippen LogP contribution in [0.3, 0.4) is 0 Å². The molecule has 0 amide bonds. The zero-order valence-corrected chi connectivity index (χ0v) is 19.1. The molecule has 0 bridgehead atoms. The molecule has 0 aliphatic heterocycles. The quantitative estimate of drug-likeness (QED) is 0.149. The van der Waals surface area contributed by atoms with Gasteiger partial charge in [0.15, 0.2) is 0 Å². The van der Waals surface area contributed by atoms with E-state index in [0.717, 1.165) is 12.8 Å². The zero-order valence-electron chi connectivity index (χ0n) is 19.1. The van der Waals surface area contributed by atoms with Crippen LogP contribution in [-0.2, 0) is 0 Å². The molecule has 0 saturated heterocycles. The molecule has 0 rings (SSSR count). The van der Waals surface area contributed by atoms with Gasteiger partial charge in [0.2, 0.25) is 0 Å². The summed E-state index contributed by atoms with van der Waals surface area (Å²) in [6, 6.07) is 0. The summed E-state index contributed by atoms with van der Waals surface area (Å²) in [7, 11) is 0. The lowest BCUT2D eigenvalue weighted by Gasteiger charge is -2.05. The molecule has 0 fully saturated rings. The van der Waals surface area contributed by atoms with Gasteiger partial charge < -0.3 is 15.5 Å². The average Bonchev–Trinajstić information content (AvgIpc) is 2.71. The number of hydrogen-bond acceptors (Lipinski definition) is 3. The molecule has 3 nitrogen and oxygen atoms in total. The summed E-state index contributed by atoms with van der Waals surface area (Å²) in [6.07, 6.45) is 27.8. The first-order chi connectivity index (χ1) is 13.9. The maximum atomic E-state index is 8.74. The second kappa shape index (κ2) is 26.9. The van der Waals surface area contributed by atoms with Crippen LogP contribution in [0.25, 0.3) is 0 Å². The Kier molecular flexibility index (Phi) is 26.8. The smallest absolute Gasteiger partial charge is 0.0431 e. The number of rotatable bonds is 25. The minimum absolute atomic E-state index is 0.359. The van der Waals surface area contributed by atoms with E-state index >= 15 is 0 Å². The van der Waals surface area contributed by atoms with E-state index in [9.17, 15) is 0 Å². The Balaban J connectivity index is 2.96. The number of aliphatic hydroxyl groups is 2. The molecule has 3 N–H and O–H groups in total. The third-order valence-electron chi connectivity index (χ3n) is 5.77. The monoisotopic (exact) mass is 399 g/mol. The maximum Gasteiger partial charge on any atom is 0.0431 e. The minimum Gasteiger partial charge on any atom is -0.396 e. The van der Waals surface area contributed by atoms with E-state index in [1.54, 1.807) is 0 Å². The fourth-order valence-electron chi connectivity index (χ4n) is 3.85. The fourth-order valence-corrected chi connectivity index (χ4v) is 3.85. The summed E-state index contributed by atoms with van der Waals surface area (Å²) in [4.78, 5) is 0. The van der Waals surface area contributed by atoms with E-state index in [1.165, 1.54) is 135 Å². The first-order valence-electron chi connectivity index (χ1n) is 12.8. The molecule has 0 radical (unpaired) electrons. The van der Waals surface area contributed by atoms with Crippen LogP contribution < -0.4 is 5.32 Å². The van der Waals surface area contributed by atoms with Crippen molar-refractivity contribution < 1.29 is 10.2 Å². The van der Waals surface area contributed by atoms with Crippen LogP contribution in [0, 0.1) is 0 Å². The maximum absolute atomic E-state index is 8.74. The van der Waals surface area contributed by atoms with Crippen molar-refractivity contribution >= 4 is 0 Å². The lowest BCUT2D eigenvalue weighted by molar-refractivity contribution is 0.282. The summed E-state index contributed by atoms with van der Waals surface area (Å²) in [5.74, 6) is 0. The third-order valence-corrected chi connectivity index (χ3v) is 5.77. The van der Waals surface area contributed by atoms with Gasteiger partial charge in [-0.25, -0.2) is 0 Å². The van der Waals surface area contributed by atoms with Crippen molar-refractivity contribution in [1.29, 1.82) is 0 Å². The zero-order chi connectivity index (χ0) is 20.4. The summed E-state index contributed by atoms with van der Waals surface area (Å²) < 4.78 is 0. The Hall–Kier alpha value is -0.120. The van der Waals surface area contributed by atoms with Gasteiger partial charge >= 0.3 is 0 Å². The Bertz CT molecular complexity index is 235. The highest BCUT2D eigenvalue weighted by Gasteiger charge is 1.95. The Labute approximate surface area is 177 Å². The van der Waals surface area contributed by atoms with Gasteiger partial charge in [-0.15, -0.1) is 0 Å². The molecule has 0 aromatic rings. The van der Waals surface area contributed by atoms with Crippen molar-refractivity contribution in [2.24, 2.45) is 0 Å². The highest BCUT2D eigenvalue weighted by Crippen LogP contribution is 2.13. The van der Waals surface area contributed by atoms with Crippen molar-refractivity contribution in [2.45, 2.75) is 135 Å². The Morgan fingerprint density at radius 3 is 0.750 bits per heavy atom. The van der Waals surface area contributed by atoms with Gasteiger partial charge in [0, 0.05) is 13.2 Å². The first kappa shape index (κ1) is 27.9. The fraction of sp³-hybridized carbons (Fsp3) is 1.00. The van der Waals surface area contributed by atoms with E-state index in [4.69, 9.17) is 10.2 Å². The molecule has 170 valence electrons. The van der Waals surface area contributed by atoms with Gasteiger partial charge in [0.1, 0.15) is 0 Å². The van der Waals surface area contributed by atoms with Crippen molar-refractivity contribution in [2.75, 3.05) is 26.3 Å². The Morgan fingerprint density at radius 1 is 0.286 bits per heavy atom. The van der Waals surface area contributed by atoms with Crippen LogP contribution in [0.15, 0.2) is 0 Å². The molecular formula is C25H53NO2. The molecule has 0 unspecified atom stereocenters. The van der Waals surface area contributed by atoms with Gasteiger partial charge in [-0.3, -0.25) is 0 Å². The summed E-state index contributed by atoms with van der Waals surface area (Å²) >= 11 is 0. The normalized spacial score (nSPS) is 11.4. The topological polar surface area (TPSA) is 52.5 Å². The van der Waals surface area contributed by atoms with E-state index in [-0.39, 0.29) is 0 Å². The molecule has 0 atom stereocenters. The summed E-state index contributed by atoms with van der Waals surface area (Å²) in [5.41, 5.74) is 0.